The molecule has 1 aliphatic heterocycles. The number of anilines is 1. The molecule has 0 spiro atoms. The zero-order valence-corrected chi connectivity index (χ0v) is 18.1. The van der Waals surface area contributed by atoms with Gasteiger partial charge in [0.1, 0.15) is 11.9 Å². The lowest BCUT2D eigenvalue weighted by Crippen LogP contribution is -2.58. The Morgan fingerprint density at radius 2 is 2.07 bits per heavy atom. The summed E-state index contributed by atoms with van der Waals surface area (Å²) in [6.45, 7) is 1.71. The van der Waals surface area contributed by atoms with E-state index in [0.717, 1.165) is 16.6 Å². The Morgan fingerprint density at radius 1 is 1.29 bits per heavy atom. The molecule has 0 aromatic heterocycles. The normalized spacial score (nSPS) is 15.6. The predicted molar refractivity (Wildman–Crippen MR) is 113 cm³/mol. The highest BCUT2D eigenvalue weighted by molar-refractivity contribution is 9.10. The summed E-state index contributed by atoms with van der Waals surface area (Å²) in [5.74, 6) is -0.421. The number of rotatable bonds is 6. The van der Waals surface area contributed by atoms with E-state index in [-0.39, 0.29) is 18.7 Å². The van der Waals surface area contributed by atoms with Crippen molar-refractivity contribution in [1.82, 2.24) is 10.4 Å². The maximum absolute atomic E-state index is 12.9. The van der Waals surface area contributed by atoms with E-state index in [1.807, 2.05) is 19.1 Å². The minimum atomic E-state index is -0.472. The molecule has 0 bridgehead atoms. The smallest absolute Gasteiger partial charge is 0.276 e. The maximum atomic E-state index is 12.9. The summed E-state index contributed by atoms with van der Waals surface area (Å²) in [6.07, 6.45) is 1.15. The monoisotopic (exact) mass is 485 g/mol. The third-order valence-electron chi connectivity index (χ3n) is 4.12. The molecule has 2 aromatic rings. The molecule has 2 N–H and O–H groups in total. The number of benzene rings is 2. The summed E-state index contributed by atoms with van der Waals surface area (Å²) in [6, 6.07) is 10.1. The van der Waals surface area contributed by atoms with Crippen LogP contribution in [0.15, 0.2) is 40.9 Å². The van der Waals surface area contributed by atoms with Crippen LogP contribution in [0.3, 0.4) is 0 Å². The quantitative estimate of drug-likeness (QED) is 0.611. The first-order chi connectivity index (χ1) is 13.4. The topological polar surface area (TPSA) is 70.7 Å². The average molecular weight is 487 g/mol. The zero-order valence-electron chi connectivity index (χ0n) is 15.0. The fourth-order valence-corrected chi connectivity index (χ4v) is 3.66. The second-order valence-electron chi connectivity index (χ2n) is 6.21. The zero-order chi connectivity index (χ0) is 20.3. The molecule has 1 heterocycles. The Bertz CT molecular complexity index is 910. The van der Waals surface area contributed by atoms with Crippen molar-refractivity contribution in [2.24, 2.45) is 0 Å². The van der Waals surface area contributed by atoms with E-state index in [2.05, 4.69) is 26.7 Å². The lowest BCUT2D eigenvalue weighted by molar-refractivity contribution is -0.127. The van der Waals surface area contributed by atoms with Crippen LogP contribution in [0, 0.1) is 0 Å². The van der Waals surface area contributed by atoms with Crippen LogP contribution in [-0.4, -0.2) is 29.6 Å². The number of fused-ring (bicyclic) bond motifs is 1. The van der Waals surface area contributed by atoms with Gasteiger partial charge in [0.15, 0.2) is 6.61 Å². The van der Waals surface area contributed by atoms with Gasteiger partial charge in [-0.25, -0.2) is 5.01 Å². The van der Waals surface area contributed by atoms with Gasteiger partial charge in [-0.3, -0.25) is 15.0 Å². The molecular weight excluding hydrogens is 469 g/mol. The van der Waals surface area contributed by atoms with Gasteiger partial charge in [0, 0.05) is 15.2 Å². The predicted octanol–water partition coefficient (Wildman–Crippen LogP) is 4.86. The van der Waals surface area contributed by atoms with Gasteiger partial charge >= 0.3 is 0 Å². The van der Waals surface area contributed by atoms with Gasteiger partial charge in [0.05, 0.1) is 10.6 Å². The minimum absolute atomic E-state index is 0.286. The molecule has 0 saturated heterocycles. The van der Waals surface area contributed by atoms with E-state index in [1.54, 1.807) is 18.2 Å². The van der Waals surface area contributed by atoms with Crippen molar-refractivity contribution in [2.75, 3.05) is 11.9 Å². The number of nitrogens with one attached hydrogen (secondary N) is 2. The van der Waals surface area contributed by atoms with Crippen molar-refractivity contribution >= 4 is 56.6 Å². The van der Waals surface area contributed by atoms with Gasteiger partial charge < -0.3 is 10.1 Å². The Kier molecular flexibility index (Phi) is 6.69. The molecule has 1 unspecified atom stereocenters. The van der Waals surface area contributed by atoms with Crippen LogP contribution in [-0.2, 0) is 4.79 Å². The standard InChI is InChI=1S/C19H18BrCl2N3O3/c1-2-3-17-23-15-6-4-11(20)8-13(15)19(27)25(17)24-18(26)10-28-16-7-5-12(21)9-14(16)22/h4-9,17,23H,2-3,10H2,1H3,(H,24,26). The van der Waals surface area contributed by atoms with Crippen molar-refractivity contribution in [3.05, 3.63) is 56.5 Å². The highest BCUT2D eigenvalue weighted by Crippen LogP contribution is 2.29. The molecule has 1 aliphatic rings. The molecule has 0 aliphatic carbocycles. The van der Waals surface area contributed by atoms with Crippen LogP contribution < -0.4 is 15.5 Å². The van der Waals surface area contributed by atoms with Gasteiger partial charge in [-0.2, -0.15) is 0 Å². The van der Waals surface area contributed by atoms with Gasteiger partial charge in [0.2, 0.25) is 0 Å². The largest absolute Gasteiger partial charge is 0.482 e. The maximum Gasteiger partial charge on any atom is 0.276 e. The van der Waals surface area contributed by atoms with Crippen LogP contribution in [0.1, 0.15) is 30.1 Å². The summed E-state index contributed by atoms with van der Waals surface area (Å²) in [5.41, 5.74) is 3.85. The third kappa shape index (κ3) is 4.71. The molecule has 9 heteroatoms. The molecule has 2 amide bonds. The van der Waals surface area contributed by atoms with Crippen molar-refractivity contribution < 1.29 is 14.3 Å². The summed E-state index contributed by atoms with van der Waals surface area (Å²) in [7, 11) is 0. The molecule has 28 heavy (non-hydrogen) atoms. The summed E-state index contributed by atoms with van der Waals surface area (Å²) in [4.78, 5) is 25.3. The first-order valence-corrected chi connectivity index (χ1v) is 10.2. The fourth-order valence-electron chi connectivity index (χ4n) is 2.84. The van der Waals surface area contributed by atoms with E-state index in [9.17, 15) is 9.59 Å². The lowest BCUT2D eigenvalue weighted by Gasteiger charge is -2.37. The molecule has 2 aromatic carbocycles. The number of ether oxygens (including phenoxy) is 1. The lowest BCUT2D eigenvalue weighted by atomic mass is 10.1. The second-order valence-corrected chi connectivity index (χ2v) is 7.97. The van der Waals surface area contributed by atoms with Crippen molar-refractivity contribution in [3.8, 4) is 5.75 Å². The van der Waals surface area contributed by atoms with E-state index in [4.69, 9.17) is 27.9 Å². The van der Waals surface area contributed by atoms with Gasteiger partial charge in [0.25, 0.3) is 11.8 Å². The highest BCUT2D eigenvalue weighted by atomic mass is 79.9. The van der Waals surface area contributed by atoms with Crippen molar-refractivity contribution in [1.29, 1.82) is 0 Å². The van der Waals surface area contributed by atoms with Crippen LogP contribution >= 0.6 is 39.1 Å². The summed E-state index contributed by atoms with van der Waals surface area (Å²) in [5, 5.41) is 5.38. The number of hydrogen-bond acceptors (Lipinski definition) is 4. The van der Waals surface area contributed by atoms with Gasteiger partial charge in [-0.05, 0) is 42.8 Å². The first kappa shape index (κ1) is 20.8. The Balaban J connectivity index is 1.71. The van der Waals surface area contributed by atoms with Crippen LogP contribution in [0.5, 0.6) is 5.75 Å². The average Bonchev–Trinajstić information content (AvgIpc) is 2.65. The van der Waals surface area contributed by atoms with E-state index in [0.29, 0.717) is 27.8 Å². The van der Waals surface area contributed by atoms with Gasteiger partial charge in [-0.15, -0.1) is 0 Å². The number of halogens is 3. The van der Waals surface area contributed by atoms with Crippen molar-refractivity contribution in [3.63, 3.8) is 0 Å². The third-order valence-corrected chi connectivity index (χ3v) is 5.15. The molecule has 1 atom stereocenters. The molecule has 0 saturated carbocycles. The van der Waals surface area contributed by atoms with Crippen LogP contribution in [0.2, 0.25) is 10.0 Å². The minimum Gasteiger partial charge on any atom is -0.482 e. The molecule has 0 radical (unpaired) electrons. The second kappa shape index (κ2) is 9.03. The molecule has 3 rings (SSSR count). The van der Waals surface area contributed by atoms with E-state index in [1.165, 1.54) is 11.1 Å². The Labute approximate surface area is 181 Å². The number of carbonyl (C=O) groups is 2. The summed E-state index contributed by atoms with van der Waals surface area (Å²) >= 11 is 15.3. The number of hydrazine groups is 1. The number of carbonyl (C=O) groups excluding carboxylic acids is 2. The first-order valence-electron chi connectivity index (χ1n) is 8.66. The Hall–Kier alpha value is -1.96. The van der Waals surface area contributed by atoms with E-state index < -0.39 is 5.91 Å². The molecule has 6 nitrogen and oxygen atoms in total. The fraction of sp³-hybridized carbons (Fsp3) is 0.263. The molecule has 148 valence electrons. The number of nitrogens with zero attached hydrogens (tertiary/aromatic N) is 1. The molecule has 0 fully saturated rings. The van der Waals surface area contributed by atoms with Gasteiger partial charge in [-0.1, -0.05) is 52.5 Å². The van der Waals surface area contributed by atoms with Crippen LogP contribution in [0.4, 0.5) is 5.69 Å². The highest BCUT2D eigenvalue weighted by Gasteiger charge is 2.33. The summed E-state index contributed by atoms with van der Waals surface area (Å²) < 4.78 is 6.23. The SMILES string of the molecule is CCCC1Nc2ccc(Br)cc2C(=O)N1NC(=O)COc1ccc(Cl)cc1Cl. The Morgan fingerprint density at radius 3 is 2.79 bits per heavy atom. The molecular formula is C19H18BrCl2N3O3. The van der Waals surface area contributed by atoms with Crippen LogP contribution in [0.25, 0.3) is 0 Å². The number of hydrogen-bond donors (Lipinski definition) is 2. The van der Waals surface area contributed by atoms with Crippen molar-refractivity contribution in [2.45, 2.75) is 25.9 Å². The number of amides is 2. The van der Waals surface area contributed by atoms with E-state index >= 15 is 0 Å².